The Morgan fingerprint density at radius 3 is 2.53 bits per heavy atom. The third-order valence-corrected chi connectivity index (χ3v) is 2.13. The Balaban J connectivity index is 2.20. The third-order valence-electron chi connectivity index (χ3n) is 2.13. The molecule has 0 radical (unpaired) electrons. The number of halogens is 3. The van der Waals surface area contributed by atoms with Gasteiger partial charge in [0.15, 0.2) is 0 Å². The predicted molar refractivity (Wildman–Crippen MR) is 45.3 cm³/mol. The third kappa shape index (κ3) is 2.01. The summed E-state index contributed by atoms with van der Waals surface area (Å²) in [4.78, 5) is 8.42. The normalized spacial score (nSPS) is 17.7. The predicted octanol–water partition coefficient (Wildman–Crippen LogP) is 0.676. The van der Waals surface area contributed by atoms with E-state index in [1.165, 1.54) is 0 Å². The van der Waals surface area contributed by atoms with E-state index in [9.17, 15) is 13.2 Å². The van der Waals surface area contributed by atoms with Crippen LogP contribution in [0.5, 0.6) is 0 Å². The highest BCUT2D eigenvalue weighted by molar-refractivity contribution is 5.42. The first kappa shape index (κ1) is 10.2. The van der Waals surface area contributed by atoms with Crippen LogP contribution in [0.15, 0.2) is 12.4 Å². The Kier molecular flexibility index (Phi) is 2.26. The highest BCUT2D eigenvalue weighted by Crippen LogP contribution is 2.29. The Labute approximate surface area is 83.4 Å². The number of hydrogen-bond donors (Lipinski definition) is 1. The van der Waals surface area contributed by atoms with Crippen LogP contribution in [0, 0.1) is 0 Å². The van der Waals surface area contributed by atoms with E-state index in [1.54, 1.807) is 4.90 Å². The van der Waals surface area contributed by atoms with Gasteiger partial charge in [-0.3, -0.25) is 0 Å². The fourth-order valence-electron chi connectivity index (χ4n) is 1.32. The average molecular weight is 219 g/mol. The molecule has 1 aliphatic rings. The maximum Gasteiger partial charge on any atom is 0.433 e. The molecule has 1 fully saturated rings. The lowest BCUT2D eigenvalue weighted by Gasteiger charge is -2.36. The van der Waals surface area contributed by atoms with E-state index in [1.807, 2.05) is 0 Å². The summed E-state index contributed by atoms with van der Waals surface area (Å²) in [5.41, 5.74) is -0.964. The molecule has 0 unspecified atom stereocenters. The number of rotatable bonds is 1. The summed E-state index contributed by atoms with van der Waals surface area (Å²) < 4.78 is 36.8. The zero-order valence-electron chi connectivity index (χ0n) is 7.57. The summed E-state index contributed by atoms with van der Waals surface area (Å²) >= 11 is 0. The van der Waals surface area contributed by atoms with Crippen molar-refractivity contribution in [3.63, 3.8) is 0 Å². The van der Waals surface area contributed by atoms with E-state index in [2.05, 4.69) is 9.97 Å². The molecule has 4 nitrogen and oxygen atoms in total. The zero-order valence-corrected chi connectivity index (χ0v) is 7.57. The molecule has 1 N–H and O–H groups in total. The van der Waals surface area contributed by atoms with Gasteiger partial charge in [-0.05, 0) is 0 Å². The van der Waals surface area contributed by atoms with Crippen molar-refractivity contribution in [2.75, 3.05) is 18.0 Å². The van der Waals surface area contributed by atoms with Crippen molar-refractivity contribution in [3.8, 4) is 0 Å². The van der Waals surface area contributed by atoms with E-state index < -0.39 is 18.0 Å². The van der Waals surface area contributed by atoms with Crippen LogP contribution in [0.2, 0.25) is 0 Å². The van der Waals surface area contributed by atoms with E-state index in [-0.39, 0.29) is 5.82 Å². The molecule has 0 bridgehead atoms. The maximum absolute atomic E-state index is 12.3. The first-order valence-electron chi connectivity index (χ1n) is 4.29. The average Bonchev–Trinajstić information content (AvgIpc) is 2.12. The van der Waals surface area contributed by atoms with Gasteiger partial charge in [0.2, 0.25) is 0 Å². The monoisotopic (exact) mass is 219 g/mol. The second-order valence-corrected chi connectivity index (χ2v) is 3.32. The molecule has 1 aliphatic heterocycles. The Morgan fingerprint density at radius 1 is 1.33 bits per heavy atom. The molecule has 82 valence electrons. The first-order valence-corrected chi connectivity index (χ1v) is 4.29. The number of aliphatic hydroxyl groups excluding tert-OH is 1. The fourth-order valence-corrected chi connectivity index (χ4v) is 1.32. The van der Waals surface area contributed by atoms with Crippen LogP contribution in [0.1, 0.15) is 5.69 Å². The largest absolute Gasteiger partial charge is 0.433 e. The van der Waals surface area contributed by atoms with Crippen LogP contribution in [0.25, 0.3) is 0 Å². The lowest BCUT2D eigenvalue weighted by atomic mass is 10.2. The molecule has 0 spiro atoms. The van der Waals surface area contributed by atoms with Gasteiger partial charge in [-0.1, -0.05) is 0 Å². The van der Waals surface area contributed by atoms with Crippen molar-refractivity contribution in [1.82, 2.24) is 9.97 Å². The maximum atomic E-state index is 12.3. The Morgan fingerprint density at radius 2 is 2.00 bits per heavy atom. The van der Waals surface area contributed by atoms with Gasteiger partial charge in [-0.2, -0.15) is 13.2 Å². The zero-order chi connectivity index (χ0) is 11.1. The summed E-state index contributed by atoms with van der Waals surface area (Å²) in [6.45, 7) is 0.628. The fraction of sp³-hybridized carbons (Fsp3) is 0.500. The minimum absolute atomic E-state index is 0.197. The Hall–Kier alpha value is -1.37. The lowest BCUT2D eigenvalue weighted by Crippen LogP contribution is -2.51. The number of β-amino-alcohol motifs (C(OH)–C–C–N with tert-alkyl or cyclic N) is 1. The van der Waals surface area contributed by atoms with Crippen molar-refractivity contribution in [3.05, 3.63) is 18.1 Å². The highest BCUT2D eigenvalue weighted by Gasteiger charge is 2.34. The van der Waals surface area contributed by atoms with Crippen LogP contribution in [-0.2, 0) is 6.18 Å². The van der Waals surface area contributed by atoms with E-state index in [0.717, 1.165) is 12.4 Å². The number of nitrogens with zero attached hydrogens (tertiary/aromatic N) is 3. The van der Waals surface area contributed by atoms with Crippen LogP contribution in [0.4, 0.5) is 19.0 Å². The molecular formula is C8H8F3N3O. The summed E-state index contributed by atoms with van der Waals surface area (Å²) in [5, 5.41) is 9.00. The van der Waals surface area contributed by atoms with Crippen molar-refractivity contribution in [2.45, 2.75) is 12.3 Å². The minimum Gasteiger partial charge on any atom is -0.389 e. The van der Waals surface area contributed by atoms with Gasteiger partial charge in [0.1, 0.15) is 17.8 Å². The number of anilines is 1. The van der Waals surface area contributed by atoms with Crippen LogP contribution >= 0.6 is 0 Å². The molecule has 0 atom stereocenters. The second kappa shape index (κ2) is 3.34. The van der Waals surface area contributed by atoms with Crippen LogP contribution < -0.4 is 4.90 Å². The minimum atomic E-state index is -4.46. The van der Waals surface area contributed by atoms with Gasteiger partial charge < -0.3 is 10.0 Å². The molecule has 1 aromatic heterocycles. The number of hydrogen-bond acceptors (Lipinski definition) is 4. The van der Waals surface area contributed by atoms with Crippen molar-refractivity contribution in [1.29, 1.82) is 0 Å². The summed E-state index contributed by atoms with van der Waals surface area (Å²) in [6.07, 6.45) is -4.06. The van der Waals surface area contributed by atoms with E-state index in [0.29, 0.717) is 13.1 Å². The molecule has 15 heavy (non-hydrogen) atoms. The highest BCUT2D eigenvalue weighted by atomic mass is 19.4. The standard InChI is InChI=1S/C8H8F3N3O/c9-8(10,11)6-1-7(13-4-12-6)14-2-5(15)3-14/h1,4-5,15H,2-3H2. The van der Waals surface area contributed by atoms with Gasteiger partial charge in [0.25, 0.3) is 0 Å². The van der Waals surface area contributed by atoms with E-state index >= 15 is 0 Å². The van der Waals surface area contributed by atoms with E-state index in [4.69, 9.17) is 5.11 Å². The van der Waals surface area contributed by atoms with Gasteiger partial charge in [0, 0.05) is 19.2 Å². The summed E-state index contributed by atoms with van der Waals surface area (Å²) in [7, 11) is 0. The van der Waals surface area contributed by atoms with Crippen LogP contribution in [-0.4, -0.2) is 34.3 Å². The molecule has 0 saturated carbocycles. The van der Waals surface area contributed by atoms with Gasteiger partial charge in [-0.25, -0.2) is 9.97 Å². The molecule has 1 aromatic rings. The van der Waals surface area contributed by atoms with Gasteiger partial charge in [0.05, 0.1) is 6.10 Å². The number of aromatic nitrogens is 2. The Bertz CT molecular complexity index is 362. The van der Waals surface area contributed by atoms with Crippen molar-refractivity contribution in [2.24, 2.45) is 0 Å². The number of alkyl halides is 3. The molecule has 0 aliphatic carbocycles. The molecule has 1 saturated heterocycles. The molecular weight excluding hydrogens is 211 g/mol. The van der Waals surface area contributed by atoms with Gasteiger partial charge >= 0.3 is 6.18 Å². The van der Waals surface area contributed by atoms with Crippen LogP contribution in [0.3, 0.4) is 0 Å². The molecule has 0 aromatic carbocycles. The summed E-state index contributed by atoms with van der Waals surface area (Å²) in [5.74, 6) is 0.197. The van der Waals surface area contributed by atoms with Crippen molar-refractivity contribution >= 4 is 5.82 Å². The smallest absolute Gasteiger partial charge is 0.389 e. The lowest BCUT2D eigenvalue weighted by molar-refractivity contribution is -0.141. The molecule has 2 heterocycles. The molecule has 0 amide bonds. The second-order valence-electron chi connectivity index (χ2n) is 3.32. The summed E-state index contributed by atoms with van der Waals surface area (Å²) in [6, 6.07) is 0.881. The quantitative estimate of drug-likeness (QED) is 0.754. The van der Waals surface area contributed by atoms with Gasteiger partial charge in [-0.15, -0.1) is 0 Å². The topological polar surface area (TPSA) is 49.2 Å². The number of aliphatic hydroxyl groups is 1. The molecule has 2 rings (SSSR count). The SMILES string of the molecule is OC1CN(c2cc(C(F)(F)F)ncn2)C1. The first-order chi connectivity index (χ1) is 6.97. The van der Waals surface area contributed by atoms with Crippen molar-refractivity contribution < 1.29 is 18.3 Å². The molecule has 7 heteroatoms.